The summed E-state index contributed by atoms with van der Waals surface area (Å²) in [5.41, 5.74) is 1.64. The number of hydrogen-bond acceptors (Lipinski definition) is 3. The Hall–Kier alpha value is -0.850. The molecule has 102 valence electrons. The quantitative estimate of drug-likeness (QED) is 0.784. The van der Waals surface area contributed by atoms with Crippen molar-refractivity contribution >= 4 is 35.7 Å². The molecule has 0 saturated heterocycles. The molecule has 0 amide bonds. The van der Waals surface area contributed by atoms with Crippen molar-refractivity contribution in [3.05, 3.63) is 46.1 Å². The largest absolute Gasteiger partial charge is 0.278 e. The summed E-state index contributed by atoms with van der Waals surface area (Å²) in [4.78, 5) is 0. The van der Waals surface area contributed by atoms with Crippen molar-refractivity contribution in [2.75, 3.05) is 0 Å². The number of halogens is 2. The lowest BCUT2D eigenvalue weighted by Gasteiger charge is -2.07. The molecule has 0 saturated carbocycles. The van der Waals surface area contributed by atoms with Crippen LogP contribution in [0.5, 0.6) is 0 Å². The van der Waals surface area contributed by atoms with E-state index in [0.717, 1.165) is 10.0 Å². The van der Waals surface area contributed by atoms with Crippen LogP contribution in [0.1, 0.15) is 18.2 Å². The van der Waals surface area contributed by atoms with Crippen molar-refractivity contribution in [1.82, 2.24) is 9.78 Å². The van der Waals surface area contributed by atoms with E-state index in [1.165, 1.54) is 10.7 Å². The Bertz CT molecular complexity index is 698. The Kier molecular flexibility index (Phi) is 4.32. The summed E-state index contributed by atoms with van der Waals surface area (Å²) in [5.74, 6) is 0. The van der Waals surface area contributed by atoms with Crippen molar-refractivity contribution in [2.45, 2.75) is 24.9 Å². The van der Waals surface area contributed by atoms with Gasteiger partial charge >= 0.3 is 0 Å². The van der Waals surface area contributed by atoms with Crippen LogP contribution in [-0.4, -0.2) is 18.2 Å². The minimum absolute atomic E-state index is 0.0294. The Morgan fingerprint density at radius 1 is 1.37 bits per heavy atom. The molecule has 0 bridgehead atoms. The van der Waals surface area contributed by atoms with Crippen molar-refractivity contribution in [3.8, 4) is 0 Å². The molecule has 0 aliphatic heterocycles. The average Bonchev–Trinajstić information content (AvgIpc) is 2.75. The molecule has 2 aromatic rings. The molecule has 0 atom stereocenters. The van der Waals surface area contributed by atoms with Gasteiger partial charge in [0, 0.05) is 15.2 Å². The van der Waals surface area contributed by atoms with Gasteiger partial charge in [-0.1, -0.05) is 41.1 Å². The number of benzene rings is 1. The topological polar surface area (TPSA) is 52.0 Å². The maximum atomic E-state index is 11.6. The Morgan fingerprint density at radius 3 is 2.63 bits per heavy atom. The molecule has 19 heavy (non-hydrogen) atoms. The summed E-state index contributed by atoms with van der Waals surface area (Å²) < 4.78 is 25.4. The molecule has 0 aliphatic rings. The Morgan fingerprint density at radius 2 is 2.05 bits per heavy atom. The van der Waals surface area contributed by atoms with Gasteiger partial charge in [0.25, 0.3) is 9.05 Å². The fourth-order valence-electron chi connectivity index (χ4n) is 1.72. The van der Waals surface area contributed by atoms with Crippen LogP contribution in [-0.2, 0) is 22.0 Å². The van der Waals surface area contributed by atoms with E-state index >= 15 is 0 Å². The van der Waals surface area contributed by atoms with Gasteiger partial charge in [-0.25, -0.2) is 13.1 Å². The molecule has 4 nitrogen and oxygen atoms in total. The van der Waals surface area contributed by atoms with Crippen LogP contribution in [0.4, 0.5) is 0 Å². The van der Waals surface area contributed by atoms with E-state index in [4.69, 9.17) is 10.7 Å². The number of aryl methyl sites for hydroxylation is 1. The minimum atomic E-state index is -3.80. The molecule has 7 heteroatoms. The third kappa shape index (κ3) is 3.38. The van der Waals surface area contributed by atoms with Crippen molar-refractivity contribution in [2.24, 2.45) is 0 Å². The molecular weight excluding hydrogens is 352 g/mol. The zero-order valence-electron chi connectivity index (χ0n) is 10.2. The smallest absolute Gasteiger partial charge is 0.248 e. The second kappa shape index (κ2) is 5.64. The highest BCUT2D eigenvalue weighted by Crippen LogP contribution is 2.21. The molecule has 0 spiro atoms. The minimum Gasteiger partial charge on any atom is -0.248 e. The van der Waals surface area contributed by atoms with E-state index in [0.29, 0.717) is 18.7 Å². The summed E-state index contributed by atoms with van der Waals surface area (Å²) in [6.45, 7) is 2.26. The maximum Gasteiger partial charge on any atom is 0.278 e. The monoisotopic (exact) mass is 362 g/mol. The molecular formula is C12H12BrClN2O2S. The first kappa shape index (κ1) is 14.6. The van der Waals surface area contributed by atoms with Crippen LogP contribution in [0.2, 0.25) is 0 Å². The molecule has 1 heterocycles. The van der Waals surface area contributed by atoms with Gasteiger partial charge in [0.15, 0.2) is 5.03 Å². The number of hydrogen-bond donors (Lipinski definition) is 0. The molecule has 0 aliphatic carbocycles. The highest BCUT2D eigenvalue weighted by molar-refractivity contribution is 9.10. The van der Waals surface area contributed by atoms with Gasteiger partial charge in [0.2, 0.25) is 0 Å². The molecule has 0 N–H and O–H groups in total. The van der Waals surface area contributed by atoms with E-state index < -0.39 is 9.05 Å². The second-order valence-electron chi connectivity index (χ2n) is 4.01. The predicted octanol–water partition coefficient (Wildman–Crippen LogP) is 3.18. The summed E-state index contributed by atoms with van der Waals surface area (Å²) in [6, 6.07) is 9.10. The molecule has 0 fully saturated rings. The fraction of sp³-hybridized carbons (Fsp3) is 0.250. The average molecular weight is 364 g/mol. The van der Waals surface area contributed by atoms with Crippen LogP contribution < -0.4 is 0 Å². The Labute approximate surface area is 124 Å². The third-order valence-electron chi connectivity index (χ3n) is 2.68. The van der Waals surface area contributed by atoms with E-state index in [1.807, 2.05) is 31.2 Å². The normalized spacial score (nSPS) is 11.7. The standard InChI is InChI=1S/C12H12BrClN2O2S/c1-2-10-7-12(19(14,17)18)16(15-10)8-9-5-3-4-6-11(9)13/h3-7H,2,8H2,1H3. The van der Waals surface area contributed by atoms with Gasteiger partial charge < -0.3 is 0 Å². The lowest BCUT2D eigenvalue weighted by molar-refractivity contribution is 0.571. The van der Waals surface area contributed by atoms with Crippen LogP contribution >= 0.6 is 26.6 Å². The van der Waals surface area contributed by atoms with Gasteiger partial charge in [0.1, 0.15) is 0 Å². The van der Waals surface area contributed by atoms with E-state index in [1.54, 1.807) is 0 Å². The van der Waals surface area contributed by atoms with E-state index in [-0.39, 0.29) is 5.03 Å². The van der Waals surface area contributed by atoms with E-state index in [2.05, 4.69) is 21.0 Å². The first-order valence-electron chi connectivity index (χ1n) is 5.66. The molecule has 2 rings (SSSR count). The first-order valence-corrected chi connectivity index (χ1v) is 8.77. The van der Waals surface area contributed by atoms with Crippen LogP contribution in [0, 0.1) is 0 Å². The van der Waals surface area contributed by atoms with Crippen LogP contribution in [0.25, 0.3) is 0 Å². The summed E-state index contributed by atoms with van der Waals surface area (Å²) in [5, 5.41) is 4.29. The molecule has 0 radical (unpaired) electrons. The van der Waals surface area contributed by atoms with Gasteiger partial charge in [-0.3, -0.25) is 0 Å². The van der Waals surface area contributed by atoms with E-state index in [9.17, 15) is 8.42 Å². The third-order valence-corrected chi connectivity index (χ3v) is 4.76. The molecule has 0 unspecified atom stereocenters. The van der Waals surface area contributed by atoms with Gasteiger partial charge in [-0.05, 0) is 24.1 Å². The summed E-state index contributed by atoms with van der Waals surface area (Å²) in [7, 11) is 1.64. The number of aromatic nitrogens is 2. The predicted molar refractivity (Wildman–Crippen MR) is 77.9 cm³/mol. The Balaban J connectivity index is 2.45. The van der Waals surface area contributed by atoms with Crippen molar-refractivity contribution in [1.29, 1.82) is 0 Å². The van der Waals surface area contributed by atoms with Gasteiger partial charge in [-0.15, -0.1) is 0 Å². The van der Waals surface area contributed by atoms with Gasteiger partial charge in [-0.2, -0.15) is 5.10 Å². The fourth-order valence-corrected chi connectivity index (χ4v) is 3.14. The lowest BCUT2D eigenvalue weighted by Crippen LogP contribution is -2.08. The van der Waals surface area contributed by atoms with Crippen molar-refractivity contribution < 1.29 is 8.42 Å². The van der Waals surface area contributed by atoms with Crippen LogP contribution in [0.3, 0.4) is 0 Å². The highest BCUT2D eigenvalue weighted by Gasteiger charge is 2.19. The summed E-state index contributed by atoms with van der Waals surface area (Å²) >= 11 is 3.43. The van der Waals surface area contributed by atoms with Crippen molar-refractivity contribution in [3.63, 3.8) is 0 Å². The lowest BCUT2D eigenvalue weighted by atomic mass is 10.2. The van der Waals surface area contributed by atoms with Gasteiger partial charge in [0.05, 0.1) is 12.2 Å². The second-order valence-corrected chi connectivity index (χ2v) is 7.38. The number of nitrogens with zero attached hydrogens (tertiary/aromatic N) is 2. The SMILES string of the molecule is CCc1cc(S(=O)(=O)Cl)n(Cc2ccccc2Br)n1. The zero-order chi connectivity index (χ0) is 14.0. The zero-order valence-corrected chi connectivity index (χ0v) is 13.3. The molecule has 1 aromatic carbocycles. The van der Waals surface area contributed by atoms with Crippen LogP contribution in [0.15, 0.2) is 39.8 Å². The molecule has 1 aromatic heterocycles. The number of rotatable bonds is 4. The maximum absolute atomic E-state index is 11.6. The highest BCUT2D eigenvalue weighted by atomic mass is 79.9. The first-order chi connectivity index (χ1) is 8.91. The summed E-state index contributed by atoms with van der Waals surface area (Å²) in [6.07, 6.45) is 0.655.